The Morgan fingerprint density at radius 3 is 2.67 bits per heavy atom. The molecule has 27 heavy (non-hydrogen) atoms. The van der Waals surface area contributed by atoms with Crippen molar-refractivity contribution in [2.45, 2.75) is 32.3 Å². The van der Waals surface area contributed by atoms with Crippen molar-refractivity contribution in [2.75, 3.05) is 20.2 Å². The standard InChI is InChI=1S/C20H22N2O5/c1-5-27-18(24)15-12(2)10-14-16(15)13(11-22(4)17(14)23)6-7-20(26)8-9-21(3)19(20)25/h11,26H,5,8-10H2,1-4H3. The Hall–Kier alpha value is -2.85. The summed E-state index contributed by atoms with van der Waals surface area (Å²) in [5, 5.41) is 10.5. The molecule has 1 atom stereocenters. The van der Waals surface area contributed by atoms with Gasteiger partial charge in [0.05, 0.1) is 12.2 Å². The number of allylic oxidation sites excluding steroid dienone is 1. The van der Waals surface area contributed by atoms with Crippen LogP contribution in [0, 0.1) is 11.8 Å². The van der Waals surface area contributed by atoms with Crippen LogP contribution < -0.4 is 5.56 Å². The maximum Gasteiger partial charge on any atom is 0.338 e. The lowest BCUT2D eigenvalue weighted by atomic mass is 9.98. The van der Waals surface area contributed by atoms with Gasteiger partial charge in [-0.3, -0.25) is 9.59 Å². The minimum Gasteiger partial charge on any atom is -0.462 e. The Balaban J connectivity index is 2.15. The summed E-state index contributed by atoms with van der Waals surface area (Å²) in [7, 11) is 3.21. The van der Waals surface area contributed by atoms with Crippen LogP contribution in [0.2, 0.25) is 0 Å². The van der Waals surface area contributed by atoms with E-state index in [1.54, 1.807) is 27.9 Å². The van der Waals surface area contributed by atoms with Crippen LogP contribution in [-0.2, 0) is 27.8 Å². The highest BCUT2D eigenvalue weighted by molar-refractivity contribution is 6.20. The summed E-state index contributed by atoms with van der Waals surface area (Å²) in [5.41, 5.74) is 0.474. The van der Waals surface area contributed by atoms with E-state index in [-0.39, 0.29) is 18.6 Å². The number of pyridine rings is 1. The van der Waals surface area contributed by atoms with Crippen LogP contribution in [0.25, 0.3) is 5.57 Å². The first-order valence-corrected chi connectivity index (χ1v) is 8.80. The van der Waals surface area contributed by atoms with E-state index in [4.69, 9.17) is 4.74 Å². The molecule has 0 bridgehead atoms. The quantitative estimate of drug-likeness (QED) is 0.594. The number of hydrogen-bond acceptors (Lipinski definition) is 5. The minimum atomic E-state index is -1.75. The van der Waals surface area contributed by atoms with Gasteiger partial charge in [-0.05, 0) is 13.8 Å². The lowest BCUT2D eigenvalue weighted by Gasteiger charge is -2.14. The Morgan fingerprint density at radius 1 is 1.37 bits per heavy atom. The molecule has 1 aliphatic carbocycles. The molecule has 1 aromatic rings. The maximum atomic E-state index is 12.5. The number of aryl methyl sites for hydroxylation is 1. The Bertz CT molecular complexity index is 992. The van der Waals surface area contributed by atoms with Crippen molar-refractivity contribution in [1.82, 2.24) is 9.47 Å². The zero-order valence-corrected chi connectivity index (χ0v) is 15.9. The van der Waals surface area contributed by atoms with E-state index >= 15 is 0 Å². The number of carbonyl (C=O) groups excluding carboxylic acids is 2. The molecule has 0 saturated carbocycles. The van der Waals surface area contributed by atoms with Gasteiger partial charge < -0.3 is 19.3 Å². The van der Waals surface area contributed by atoms with Gasteiger partial charge in [0.1, 0.15) is 0 Å². The largest absolute Gasteiger partial charge is 0.462 e. The van der Waals surface area contributed by atoms with Crippen LogP contribution in [0.4, 0.5) is 0 Å². The van der Waals surface area contributed by atoms with Crippen molar-refractivity contribution >= 4 is 17.4 Å². The van der Waals surface area contributed by atoms with Crippen molar-refractivity contribution < 1.29 is 19.4 Å². The average molecular weight is 370 g/mol. The smallest absolute Gasteiger partial charge is 0.338 e. The van der Waals surface area contributed by atoms with E-state index in [0.717, 1.165) is 5.57 Å². The number of likely N-dealkylation sites (tertiary alicyclic amines) is 1. The number of hydrogen-bond donors (Lipinski definition) is 1. The predicted octanol–water partition coefficient (Wildman–Crippen LogP) is 0.223. The zero-order valence-electron chi connectivity index (χ0n) is 15.9. The molecule has 1 fully saturated rings. The highest BCUT2D eigenvalue weighted by Crippen LogP contribution is 2.34. The fourth-order valence-corrected chi connectivity index (χ4v) is 3.53. The van der Waals surface area contributed by atoms with Gasteiger partial charge >= 0.3 is 5.97 Å². The lowest BCUT2D eigenvalue weighted by molar-refractivity contribution is -0.137. The molecule has 1 unspecified atom stereocenters. The monoisotopic (exact) mass is 370 g/mol. The number of ether oxygens (including phenoxy) is 1. The fraction of sp³-hybridized carbons (Fsp3) is 0.450. The number of likely N-dealkylation sites (N-methyl/N-ethyl adjacent to an activating group) is 1. The number of aromatic nitrogens is 1. The summed E-state index contributed by atoms with van der Waals surface area (Å²) in [5.74, 6) is 4.56. The molecule has 2 aliphatic rings. The van der Waals surface area contributed by atoms with Crippen LogP contribution in [0.5, 0.6) is 0 Å². The van der Waals surface area contributed by atoms with Crippen molar-refractivity contribution in [3.63, 3.8) is 0 Å². The third-order valence-electron chi connectivity index (χ3n) is 4.98. The molecule has 3 rings (SSSR count). The van der Waals surface area contributed by atoms with E-state index in [0.29, 0.717) is 35.2 Å². The third-order valence-corrected chi connectivity index (χ3v) is 4.98. The summed E-state index contributed by atoms with van der Waals surface area (Å²) in [6.07, 6.45) is 2.08. The minimum absolute atomic E-state index is 0.204. The van der Waals surface area contributed by atoms with Crippen LogP contribution in [0.3, 0.4) is 0 Å². The highest BCUT2D eigenvalue weighted by atomic mass is 16.5. The number of aliphatic hydroxyl groups is 1. The normalized spacial score (nSPS) is 21.2. The van der Waals surface area contributed by atoms with E-state index in [1.165, 1.54) is 15.7 Å². The van der Waals surface area contributed by atoms with Crippen molar-refractivity contribution in [1.29, 1.82) is 0 Å². The van der Waals surface area contributed by atoms with Gasteiger partial charge in [0.15, 0.2) is 0 Å². The number of rotatable bonds is 2. The summed E-state index contributed by atoms with van der Waals surface area (Å²) < 4.78 is 6.54. The molecular formula is C20H22N2O5. The molecule has 1 aliphatic heterocycles. The van der Waals surface area contributed by atoms with Gasteiger partial charge in [0.2, 0.25) is 5.60 Å². The second-order valence-corrected chi connectivity index (χ2v) is 6.95. The van der Waals surface area contributed by atoms with Gasteiger partial charge in [-0.2, -0.15) is 0 Å². The molecule has 142 valence electrons. The Morgan fingerprint density at radius 2 is 2.07 bits per heavy atom. The molecule has 2 heterocycles. The lowest BCUT2D eigenvalue weighted by Crippen LogP contribution is -2.37. The number of esters is 1. The second-order valence-electron chi connectivity index (χ2n) is 6.95. The molecule has 0 aromatic carbocycles. The summed E-state index contributed by atoms with van der Waals surface area (Å²) >= 11 is 0. The fourth-order valence-electron chi connectivity index (χ4n) is 3.53. The van der Waals surface area contributed by atoms with E-state index in [9.17, 15) is 19.5 Å². The van der Waals surface area contributed by atoms with Crippen molar-refractivity contribution in [3.05, 3.63) is 38.8 Å². The average Bonchev–Trinajstić information content (AvgIpc) is 3.10. The van der Waals surface area contributed by atoms with Crippen LogP contribution >= 0.6 is 0 Å². The molecule has 0 spiro atoms. The van der Waals surface area contributed by atoms with Crippen molar-refractivity contribution in [3.8, 4) is 11.8 Å². The predicted molar refractivity (Wildman–Crippen MR) is 98.7 cm³/mol. The maximum absolute atomic E-state index is 12.5. The van der Waals surface area contributed by atoms with Gasteiger partial charge in [0, 0.05) is 56.4 Å². The number of carbonyl (C=O) groups is 2. The first-order valence-electron chi connectivity index (χ1n) is 8.80. The van der Waals surface area contributed by atoms with E-state index in [1.807, 2.05) is 0 Å². The second kappa shape index (κ2) is 6.71. The topological polar surface area (TPSA) is 88.8 Å². The summed E-state index contributed by atoms with van der Waals surface area (Å²) in [6, 6.07) is 0. The summed E-state index contributed by atoms with van der Waals surface area (Å²) in [6.45, 7) is 4.14. The molecule has 1 amide bonds. The highest BCUT2D eigenvalue weighted by Gasteiger charge is 2.42. The SMILES string of the molecule is CCOC(=O)C1=C(C)Cc2c1c(C#CC1(O)CCN(C)C1=O)cn(C)c2=O. The molecule has 7 nitrogen and oxygen atoms in total. The van der Waals surface area contributed by atoms with Gasteiger partial charge in [-0.1, -0.05) is 17.4 Å². The van der Waals surface area contributed by atoms with E-state index < -0.39 is 17.5 Å². The molecule has 1 N–H and O–H groups in total. The Kier molecular flexibility index (Phi) is 4.70. The van der Waals surface area contributed by atoms with Crippen LogP contribution in [0.15, 0.2) is 16.6 Å². The Labute approximate surface area is 157 Å². The first-order chi connectivity index (χ1) is 12.7. The third kappa shape index (κ3) is 3.06. The molecule has 1 saturated heterocycles. The molecule has 0 radical (unpaired) electrons. The van der Waals surface area contributed by atoms with Crippen LogP contribution in [0.1, 0.15) is 37.0 Å². The van der Waals surface area contributed by atoms with Gasteiger partial charge in [0.25, 0.3) is 11.5 Å². The molecular weight excluding hydrogens is 348 g/mol. The number of amides is 1. The van der Waals surface area contributed by atoms with Crippen molar-refractivity contribution in [2.24, 2.45) is 7.05 Å². The number of fused-ring (bicyclic) bond motifs is 1. The first kappa shape index (κ1) is 18.9. The van der Waals surface area contributed by atoms with Crippen LogP contribution in [-0.4, -0.2) is 52.3 Å². The molecule has 7 heteroatoms. The van der Waals surface area contributed by atoms with Gasteiger partial charge in [-0.15, -0.1) is 0 Å². The van der Waals surface area contributed by atoms with E-state index in [2.05, 4.69) is 11.8 Å². The summed E-state index contributed by atoms with van der Waals surface area (Å²) in [4.78, 5) is 38.5. The number of nitrogens with zero attached hydrogens (tertiary/aromatic N) is 2. The van der Waals surface area contributed by atoms with Gasteiger partial charge in [-0.25, -0.2) is 4.79 Å². The zero-order chi connectivity index (χ0) is 19.9. The molecule has 1 aromatic heterocycles.